The minimum Gasteiger partial charge on any atom is -0.493 e. The van der Waals surface area contributed by atoms with Crippen LogP contribution in [0.3, 0.4) is 0 Å². The summed E-state index contributed by atoms with van der Waals surface area (Å²) >= 11 is 9.47. The molecule has 0 spiro atoms. The maximum absolute atomic E-state index is 6.03. The van der Waals surface area contributed by atoms with Gasteiger partial charge in [0.25, 0.3) is 0 Å². The van der Waals surface area contributed by atoms with Gasteiger partial charge in [-0.3, -0.25) is 0 Å². The summed E-state index contributed by atoms with van der Waals surface area (Å²) in [5.41, 5.74) is 0.923. The van der Waals surface area contributed by atoms with Crippen LogP contribution in [0.1, 0.15) is 12.8 Å². The zero-order chi connectivity index (χ0) is 12.4. The minimum absolute atomic E-state index is 0.376. The summed E-state index contributed by atoms with van der Waals surface area (Å²) in [6.45, 7) is 0. The zero-order valence-electron chi connectivity index (χ0n) is 9.80. The highest BCUT2D eigenvalue weighted by molar-refractivity contribution is 9.10. The number of halogens is 2. The summed E-state index contributed by atoms with van der Waals surface area (Å²) in [7, 11) is 3.40. The van der Waals surface area contributed by atoms with Crippen molar-refractivity contribution < 1.29 is 9.47 Å². The lowest BCUT2D eigenvalue weighted by Crippen LogP contribution is -2.40. The third-order valence-electron chi connectivity index (χ3n) is 3.00. The van der Waals surface area contributed by atoms with Crippen LogP contribution in [0.4, 0.5) is 5.69 Å². The molecule has 0 amide bonds. The van der Waals surface area contributed by atoms with Crippen molar-refractivity contribution in [2.24, 2.45) is 0 Å². The van der Waals surface area contributed by atoms with Gasteiger partial charge in [-0.15, -0.1) is 0 Å². The van der Waals surface area contributed by atoms with Gasteiger partial charge < -0.3 is 14.8 Å². The lowest BCUT2D eigenvalue weighted by molar-refractivity contribution is 0.0328. The standard InChI is InChI=1S/C12H15BrClNO2/c1-16-9-5-8(6-9)15-11-4-7(14)3-10(13)12(11)17-2/h3-4,8-9,15H,5-6H2,1-2H3. The van der Waals surface area contributed by atoms with Gasteiger partial charge in [-0.1, -0.05) is 11.6 Å². The highest BCUT2D eigenvalue weighted by atomic mass is 79.9. The Morgan fingerprint density at radius 1 is 1.35 bits per heavy atom. The van der Waals surface area contributed by atoms with Gasteiger partial charge >= 0.3 is 0 Å². The van der Waals surface area contributed by atoms with Gasteiger partial charge in [0.15, 0.2) is 5.75 Å². The van der Waals surface area contributed by atoms with E-state index >= 15 is 0 Å². The Balaban J connectivity index is 2.10. The number of hydrogen-bond donors (Lipinski definition) is 1. The van der Waals surface area contributed by atoms with Gasteiger partial charge in [0.2, 0.25) is 0 Å². The van der Waals surface area contributed by atoms with Crippen LogP contribution < -0.4 is 10.1 Å². The molecule has 1 N–H and O–H groups in total. The van der Waals surface area contributed by atoms with Crippen LogP contribution >= 0.6 is 27.5 Å². The third kappa shape index (κ3) is 2.87. The van der Waals surface area contributed by atoms with E-state index < -0.39 is 0 Å². The molecule has 0 atom stereocenters. The van der Waals surface area contributed by atoms with E-state index in [1.165, 1.54) is 0 Å². The van der Waals surface area contributed by atoms with E-state index in [4.69, 9.17) is 21.1 Å². The first-order valence-corrected chi connectivity index (χ1v) is 6.63. The Morgan fingerprint density at radius 3 is 2.65 bits per heavy atom. The minimum atomic E-state index is 0.376. The van der Waals surface area contributed by atoms with Crippen molar-refractivity contribution in [1.29, 1.82) is 0 Å². The van der Waals surface area contributed by atoms with E-state index in [-0.39, 0.29) is 0 Å². The Kier molecular flexibility index (Phi) is 4.17. The Morgan fingerprint density at radius 2 is 2.06 bits per heavy atom. The average molecular weight is 321 g/mol. The zero-order valence-corrected chi connectivity index (χ0v) is 12.1. The second kappa shape index (κ2) is 5.46. The van der Waals surface area contributed by atoms with Crippen molar-refractivity contribution in [2.45, 2.75) is 25.0 Å². The summed E-state index contributed by atoms with van der Waals surface area (Å²) in [6.07, 6.45) is 2.41. The van der Waals surface area contributed by atoms with Crippen LogP contribution in [0.5, 0.6) is 5.75 Å². The van der Waals surface area contributed by atoms with E-state index in [2.05, 4.69) is 21.2 Å². The molecule has 0 saturated heterocycles. The molecule has 1 aliphatic carbocycles. The SMILES string of the molecule is COc1c(Br)cc(Cl)cc1NC1CC(OC)C1. The van der Waals surface area contributed by atoms with Gasteiger partial charge in [0.05, 0.1) is 23.4 Å². The second-order valence-electron chi connectivity index (χ2n) is 4.14. The molecule has 94 valence electrons. The Hall–Kier alpha value is -0.450. The highest BCUT2D eigenvalue weighted by Crippen LogP contribution is 2.38. The largest absolute Gasteiger partial charge is 0.493 e. The predicted molar refractivity (Wildman–Crippen MR) is 73.1 cm³/mol. The summed E-state index contributed by atoms with van der Waals surface area (Å²) in [4.78, 5) is 0. The normalized spacial score (nSPS) is 23.1. The molecule has 1 saturated carbocycles. The molecule has 0 aromatic heterocycles. The average Bonchev–Trinajstić information content (AvgIpc) is 2.22. The molecular weight excluding hydrogens is 305 g/mol. The molecule has 2 rings (SSSR count). The fourth-order valence-electron chi connectivity index (χ4n) is 1.97. The summed E-state index contributed by atoms with van der Waals surface area (Å²) < 4.78 is 11.5. The first kappa shape index (κ1) is 13.0. The molecule has 0 bridgehead atoms. The lowest BCUT2D eigenvalue weighted by Gasteiger charge is -2.35. The van der Waals surface area contributed by atoms with E-state index in [9.17, 15) is 0 Å². The monoisotopic (exact) mass is 319 g/mol. The van der Waals surface area contributed by atoms with Crippen LogP contribution in [0.2, 0.25) is 5.02 Å². The molecule has 1 fully saturated rings. The molecule has 5 heteroatoms. The van der Waals surface area contributed by atoms with Crippen molar-refractivity contribution in [2.75, 3.05) is 19.5 Å². The van der Waals surface area contributed by atoms with Gasteiger partial charge in [0, 0.05) is 18.2 Å². The third-order valence-corrected chi connectivity index (χ3v) is 3.81. The number of anilines is 1. The molecule has 3 nitrogen and oxygen atoms in total. The number of nitrogens with one attached hydrogen (secondary N) is 1. The highest BCUT2D eigenvalue weighted by Gasteiger charge is 2.29. The van der Waals surface area contributed by atoms with Gasteiger partial charge in [0.1, 0.15) is 0 Å². The van der Waals surface area contributed by atoms with Crippen molar-refractivity contribution in [3.63, 3.8) is 0 Å². The molecule has 0 heterocycles. The molecule has 0 unspecified atom stereocenters. The topological polar surface area (TPSA) is 30.5 Å². The van der Waals surface area contributed by atoms with E-state index in [0.29, 0.717) is 17.2 Å². The molecule has 0 radical (unpaired) electrons. The first-order chi connectivity index (χ1) is 8.13. The maximum Gasteiger partial charge on any atom is 0.156 e. The fourth-order valence-corrected chi connectivity index (χ4v) is 2.94. The molecule has 1 aromatic carbocycles. The van der Waals surface area contributed by atoms with Gasteiger partial charge in [-0.25, -0.2) is 0 Å². The smallest absolute Gasteiger partial charge is 0.156 e. The number of rotatable bonds is 4. The van der Waals surface area contributed by atoms with Crippen LogP contribution in [0.25, 0.3) is 0 Å². The van der Waals surface area contributed by atoms with Crippen molar-refractivity contribution in [1.82, 2.24) is 0 Å². The quantitative estimate of drug-likeness (QED) is 0.917. The van der Waals surface area contributed by atoms with E-state index in [1.807, 2.05) is 12.1 Å². The van der Waals surface area contributed by atoms with Crippen molar-refractivity contribution in [3.05, 3.63) is 21.6 Å². The van der Waals surface area contributed by atoms with Crippen LogP contribution in [0.15, 0.2) is 16.6 Å². The molecule has 0 aliphatic heterocycles. The predicted octanol–water partition coefficient (Wildman–Crippen LogP) is 3.70. The number of benzene rings is 1. The Labute approximate surface area is 115 Å². The van der Waals surface area contributed by atoms with Crippen LogP contribution in [0, 0.1) is 0 Å². The first-order valence-electron chi connectivity index (χ1n) is 5.46. The number of ether oxygens (including phenoxy) is 2. The van der Waals surface area contributed by atoms with Crippen molar-refractivity contribution >= 4 is 33.2 Å². The van der Waals surface area contributed by atoms with E-state index in [0.717, 1.165) is 28.8 Å². The van der Waals surface area contributed by atoms with Crippen molar-refractivity contribution in [3.8, 4) is 5.75 Å². The molecule has 1 aliphatic rings. The van der Waals surface area contributed by atoms with Gasteiger partial charge in [-0.05, 0) is 40.9 Å². The molecule has 17 heavy (non-hydrogen) atoms. The van der Waals surface area contributed by atoms with Gasteiger partial charge in [-0.2, -0.15) is 0 Å². The Bertz CT molecular complexity index is 408. The van der Waals surface area contributed by atoms with E-state index in [1.54, 1.807) is 14.2 Å². The molecule has 1 aromatic rings. The summed E-state index contributed by atoms with van der Waals surface area (Å²) in [5, 5.41) is 4.11. The lowest BCUT2D eigenvalue weighted by atomic mass is 9.89. The number of hydrogen-bond acceptors (Lipinski definition) is 3. The van der Waals surface area contributed by atoms with Crippen LogP contribution in [-0.2, 0) is 4.74 Å². The summed E-state index contributed by atoms with van der Waals surface area (Å²) in [5.74, 6) is 0.787. The second-order valence-corrected chi connectivity index (χ2v) is 5.43. The summed E-state index contributed by atoms with van der Waals surface area (Å²) in [6, 6.07) is 4.13. The maximum atomic E-state index is 6.03. The fraction of sp³-hybridized carbons (Fsp3) is 0.500. The molecular formula is C12H15BrClNO2. The number of methoxy groups -OCH3 is 2. The van der Waals surface area contributed by atoms with Crippen LogP contribution in [-0.4, -0.2) is 26.4 Å².